The van der Waals surface area contributed by atoms with Crippen LogP contribution in [0.15, 0.2) is 30.3 Å². The summed E-state index contributed by atoms with van der Waals surface area (Å²) in [6.45, 7) is 9.14. The summed E-state index contributed by atoms with van der Waals surface area (Å²) in [7, 11) is 3.54. The summed E-state index contributed by atoms with van der Waals surface area (Å²) in [5.74, 6) is -0.0575. The quantitative estimate of drug-likeness (QED) is 0.648. The number of anilines is 1. The van der Waals surface area contributed by atoms with Crippen molar-refractivity contribution in [2.75, 3.05) is 39.2 Å². The summed E-state index contributed by atoms with van der Waals surface area (Å²) in [5, 5.41) is 2.88. The number of carbonyl (C=O) groups excluding carboxylic acids is 2. The number of nitrogens with zero attached hydrogens (tertiary/aromatic N) is 1. The fraction of sp³-hybridized carbons (Fsp3) is 0.455. The van der Waals surface area contributed by atoms with Crippen LogP contribution in [0.4, 0.5) is 5.69 Å². The first-order chi connectivity index (χ1) is 13.2. The number of nitrogens with one attached hydrogen (secondary N) is 2. The first kappa shape index (κ1) is 21.9. The number of carbonyl (C=O) groups is 2. The molecular weight excluding hydrogens is 354 g/mol. The monoisotopic (exact) mass is 386 g/mol. The van der Waals surface area contributed by atoms with E-state index in [1.165, 1.54) is 0 Å². The lowest BCUT2D eigenvalue weighted by Crippen LogP contribution is -3.11. The third-order valence-electron chi connectivity index (χ3n) is 4.89. The van der Waals surface area contributed by atoms with E-state index >= 15 is 0 Å². The zero-order chi connectivity index (χ0) is 20.8. The van der Waals surface area contributed by atoms with Gasteiger partial charge < -0.3 is 19.5 Å². The van der Waals surface area contributed by atoms with E-state index in [9.17, 15) is 9.59 Å². The Kier molecular flexibility index (Phi) is 7.54. The Labute approximate surface area is 167 Å². The highest BCUT2D eigenvalue weighted by molar-refractivity contribution is 5.98. The smallest absolute Gasteiger partial charge is 0.279 e. The Balaban J connectivity index is 1.97. The molecule has 1 heterocycles. The van der Waals surface area contributed by atoms with Crippen LogP contribution in [0.2, 0.25) is 0 Å². The Bertz CT molecular complexity index is 824. The lowest BCUT2D eigenvalue weighted by atomic mass is 10.1. The van der Waals surface area contributed by atoms with Crippen molar-refractivity contribution in [3.8, 4) is 0 Å². The highest BCUT2D eigenvalue weighted by atomic mass is 16.5. The molecule has 0 saturated heterocycles. The molecule has 0 aliphatic carbocycles. The van der Waals surface area contributed by atoms with Gasteiger partial charge >= 0.3 is 0 Å². The lowest BCUT2D eigenvalue weighted by molar-refractivity contribution is -0.861. The number of likely N-dealkylation sites (N-methyl/N-ethyl adjacent to an activating group) is 1. The number of benzene rings is 1. The van der Waals surface area contributed by atoms with Crippen LogP contribution in [0.1, 0.15) is 40.3 Å². The standard InChI is InChI=1S/C22H31N3O3/c1-15-7-9-19(10-8-15)23-22(27)13-24(5)12-21(26)20-11-16(2)25(18(20)4)17(3)14-28-6/h7-11,17H,12-14H2,1-6H3,(H,23,27)/p+1/t17-/m0/s1. The van der Waals surface area contributed by atoms with Gasteiger partial charge in [-0.2, -0.15) is 0 Å². The molecule has 0 fully saturated rings. The van der Waals surface area contributed by atoms with E-state index < -0.39 is 0 Å². The van der Waals surface area contributed by atoms with Crippen molar-refractivity contribution in [2.24, 2.45) is 0 Å². The number of amides is 1. The molecular formula is C22H32N3O3+. The van der Waals surface area contributed by atoms with Crippen LogP contribution in [-0.2, 0) is 9.53 Å². The molecule has 2 aromatic rings. The van der Waals surface area contributed by atoms with Crippen molar-refractivity contribution in [1.29, 1.82) is 0 Å². The SMILES string of the molecule is COC[C@H](C)n1c(C)cc(C(=O)C[NH+](C)CC(=O)Nc2ccc(C)cc2)c1C. The molecule has 0 saturated carbocycles. The summed E-state index contributed by atoms with van der Waals surface area (Å²) in [6, 6.07) is 9.76. The average Bonchev–Trinajstić information content (AvgIpc) is 2.91. The zero-order valence-corrected chi connectivity index (χ0v) is 17.8. The molecule has 0 radical (unpaired) electrons. The van der Waals surface area contributed by atoms with E-state index in [0.717, 1.165) is 33.1 Å². The molecule has 2 atom stereocenters. The first-order valence-corrected chi connectivity index (χ1v) is 9.61. The second-order valence-electron chi connectivity index (χ2n) is 7.61. The van der Waals surface area contributed by atoms with Gasteiger partial charge in [-0.25, -0.2) is 0 Å². The molecule has 28 heavy (non-hydrogen) atoms. The highest BCUT2D eigenvalue weighted by Gasteiger charge is 2.22. The fourth-order valence-corrected chi connectivity index (χ4v) is 3.60. The van der Waals surface area contributed by atoms with E-state index in [-0.39, 0.29) is 30.8 Å². The van der Waals surface area contributed by atoms with E-state index in [1.807, 2.05) is 58.2 Å². The number of aryl methyl sites for hydroxylation is 2. The lowest BCUT2D eigenvalue weighted by Gasteiger charge is -2.18. The van der Waals surface area contributed by atoms with Crippen LogP contribution in [0.25, 0.3) is 0 Å². The van der Waals surface area contributed by atoms with Gasteiger partial charge in [-0.15, -0.1) is 0 Å². The molecule has 6 heteroatoms. The van der Waals surface area contributed by atoms with E-state index in [2.05, 4.69) is 16.8 Å². The third kappa shape index (κ3) is 5.53. The minimum atomic E-state index is -0.103. The molecule has 0 aliphatic rings. The number of Topliss-reactive ketones (excluding diaryl/α,β-unsaturated/α-hetero) is 1. The maximum atomic E-state index is 12.8. The van der Waals surface area contributed by atoms with Crippen molar-refractivity contribution >= 4 is 17.4 Å². The van der Waals surface area contributed by atoms with Crippen LogP contribution < -0.4 is 10.2 Å². The molecule has 1 aromatic heterocycles. The maximum absolute atomic E-state index is 12.8. The van der Waals surface area contributed by atoms with Crippen molar-refractivity contribution in [2.45, 2.75) is 33.7 Å². The number of quaternary nitrogens is 1. The summed E-state index contributed by atoms with van der Waals surface area (Å²) in [4.78, 5) is 25.9. The molecule has 152 valence electrons. The molecule has 1 aromatic carbocycles. The summed E-state index contributed by atoms with van der Waals surface area (Å²) in [6.07, 6.45) is 0. The number of hydrogen-bond donors (Lipinski definition) is 2. The summed E-state index contributed by atoms with van der Waals surface area (Å²) in [5.41, 5.74) is 4.62. The molecule has 1 unspecified atom stereocenters. The molecule has 1 amide bonds. The Hall–Kier alpha value is -2.44. The van der Waals surface area contributed by atoms with Gasteiger partial charge in [0, 0.05) is 29.7 Å². The first-order valence-electron chi connectivity index (χ1n) is 9.61. The maximum Gasteiger partial charge on any atom is 0.279 e. The number of ketones is 1. The number of ether oxygens (including phenoxy) is 1. The largest absolute Gasteiger partial charge is 0.383 e. The van der Waals surface area contributed by atoms with Gasteiger partial charge in [0.05, 0.1) is 19.7 Å². The molecule has 0 aliphatic heterocycles. The van der Waals surface area contributed by atoms with Gasteiger partial charge in [0.15, 0.2) is 6.54 Å². The number of methoxy groups -OCH3 is 1. The predicted molar refractivity (Wildman–Crippen MR) is 111 cm³/mol. The number of rotatable bonds is 9. The zero-order valence-electron chi connectivity index (χ0n) is 17.8. The Morgan fingerprint density at radius 3 is 2.39 bits per heavy atom. The van der Waals surface area contributed by atoms with Gasteiger partial charge in [-0.1, -0.05) is 17.7 Å². The molecule has 6 nitrogen and oxygen atoms in total. The summed E-state index contributed by atoms with van der Waals surface area (Å²) < 4.78 is 7.38. The molecule has 0 bridgehead atoms. The van der Waals surface area contributed by atoms with Crippen LogP contribution in [0, 0.1) is 20.8 Å². The van der Waals surface area contributed by atoms with E-state index in [0.29, 0.717) is 6.61 Å². The molecule has 0 spiro atoms. The van der Waals surface area contributed by atoms with Crippen molar-refractivity contribution < 1.29 is 19.2 Å². The highest BCUT2D eigenvalue weighted by Crippen LogP contribution is 2.20. The van der Waals surface area contributed by atoms with Crippen LogP contribution in [0.3, 0.4) is 0 Å². The minimum absolute atomic E-state index is 0.0459. The number of aromatic nitrogens is 1. The van der Waals surface area contributed by atoms with Gasteiger partial charge in [0.1, 0.15) is 6.54 Å². The normalized spacial score (nSPS) is 13.2. The Morgan fingerprint density at radius 1 is 1.14 bits per heavy atom. The van der Waals surface area contributed by atoms with Crippen LogP contribution in [0.5, 0.6) is 0 Å². The average molecular weight is 387 g/mol. The second kappa shape index (κ2) is 9.66. The van der Waals surface area contributed by atoms with Gasteiger partial charge in [-0.05, 0) is 45.9 Å². The Morgan fingerprint density at radius 2 is 1.79 bits per heavy atom. The second-order valence-corrected chi connectivity index (χ2v) is 7.61. The van der Waals surface area contributed by atoms with Crippen molar-refractivity contribution in [1.82, 2.24) is 4.57 Å². The topological polar surface area (TPSA) is 64.8 Å². The predicted octanol–water partition coefficient (Wildman–Crippen LogP) is 1.96. The van der Waals surface area contributed by atoms with Gasteiger partial charge in [0.2, 0.25) is 5.78 Å². The molecule has 2 rings (SSSR count). The van der Waals surface area contributed by atoms with Gasteiger partial charge in [0.25, 0.3) is 5.91 Å². The van der Waals surface area contributed by atoms with Gasteiger partial charge in [-0.3, -0.25) is 9.59 Å². The molecule has 2 N–H and O–H groups in total. The van der Waals surface area contributed by atoms with E-state index in [1.54, 1.807) is 7.11 Å². The number of hydrogen-bond acceptors (Lipinski definition) is 3. The van der Waals surface area contributed by atoms with Crippen LogP contribution >= 0.6 is 0 Å². The van der Waals surface area contributed by atoms with Crippen molar-refractivity contribution in [3.63, 3.8) is 0 Å². The van der Waals surface area contributed by atoms with Crippen molar-refractivity contribution in [3.05, 3.63) is 52.8 Å². The summed E-state index contributed by atoms with van der Waals surface area (Å²) >= 11 is 0. The minimum Gasteiger partial charge on any atom is -0.383 e. The fourth-order valence-electron chi connectivity index (χ4n) is 3.60. The third-order valence-corrected chi connectivity index (χ3v) is 4.89. The van der Waals surface area contributed by atoms with E-state index in [4.69, 9.17) is 4.74 Å². The van der Waals surface area contributed by atoms with Crippen LogP contribution in [-0.4, -0.2) is 50.1 Å².